The van der Waals surface area contributed by atoms with Gasteiger partial charge in [-0.1, -0.05) is 12.1 Å². The molecule has 0 aromatic heterocycles. The number of nitrogens with zero attached hydrogens (tertiary/aromatic N) is 1. The molecule has 0 unspecified atom stereocenters. The molecule has 0 aliphatic heterocycles. The van der Waals surface area contributed by atoms with E-state index in [2.05, 4.69) is 0 Å². The third-order valence-electron chi connectivity index (χ3n) is 1.84. The van der Waals surface area contributed by atoms with E-state index in [1.807, 2.05) is 0 Å². The molecule has 0 saturated carbocycles. The lowest BCUT2D eigenvalue weighted by atomic mass is 10.1. The summed E-state index contributed by atoms with van der Waals surface area (Å²) in [5, 5.41) is 8.64. The molecule has 0 atom stereocenters. The minimum absolute atomic E-state index is 0.134. The zero-order chi connectivity index (χ0) is 12.8. The van der Waals surface area contributed by atoms with Gasteiger partial charge in [-0.2, -0.15) is 5.26 Å². The van der Waals surface area contributed by atoms with Crippen LogP contribution in [0.2, 0.25) is 0 Å². The molecule has 1 amide bonds. The second-order valence-corrected chi connectivity index (χ2v) is 3.20. The van der Waals surface area contributed by atoms with E-state index < -0.39 is 11.9 Å². The number of nitriles is 1. The maximum Gasteiger partial charge on any atom is 0.308 e. The molecule has 86 valence electrons. The molecular formula is C12H10N2O3. The van der Waals surface area contributed by atoms with E-state index >= 15 is 0 Å². The molecule has 0 saturated heterocycles. The van der Waals surface area contributed by atoms with Crippen LogP contribution in [0.3, 0.4) is 0 Å². The first kappa shape index (κ1) is 12.5. The minimum Gasteiger partial charge on any atom is -0.427 e. The van der Waals surface area contributed by atoms with E-state index in [9.17, 15) is 9.59 Å². The van der Waals surface area contributed by atoms with E-state index in [0.29, 0.717) is 11.3 Å². The SMILES string of the molecule is CC(=O)Oc1ccc(/C=C(\C#N)C(N)=O)cc1. The van der Waals surface area contributed by atoms with Crippen LogP contribution in [0, 0.1) is 11.3 Å². The largest absolute Gasteiger partial charge is 0.427 e. The highest BCUT2D eigenvalue weighted by Crippen LogP contribution is 2.14. The van der Waals surface area contributed by atoms with Crippen molar-refractivity contribution in [1.82, 2.24) is 0 Å². The Bertz CT molecular complexity index is 510. The first-order chi connectivity index (χ1) is 8.02. The van der Waals surface area contributed by atoms with Gasteiger partial charge in [0.1, 0.15) is 17.4 Å². The number of benzene rings is 1. The Hall–Kier alpha value is -2.61. The van der Waals surface area contributed by atoms with Crippen LogP contribution < -0.4 is 10.5 Å². The molecule has 0 bridgehead atoms. The molecule has 5 heteroatoms. The number of amides is 1. The first-order valence-corrected chi connectivity index (χ1v) is 4.73. The fourth-order valence-corrected chi connectivity index (χ4v) is 1.12. The van der Waals surface area contributed by atoms with Gasteiger partial charge in [0.25, 0.3) is 5.91 Å². The van der Waals surface area contributed by atoms with E-state index in [-0.39, 0.29) is 5.57 Å². The fraction of sp³-hybridized carbons (Fsp3) is 0.0833. The van der Waals surface area contributed by atoms with Gasteiger partial charge in [0.2, 0.25) is 0 Å². The summed E-state index contributed by atoms with van der Waals surface area (Å²) in [6.07, 6.45) is 1.36. The Labute approximate surface area is 98.1 Å². The van der Waals surface area contributed by atoms with Gasteiger partial charge in [-0.15, -0.1) is 0 Å². The Morgan fingerprint density at radius 3 is 2.35 bits per heavy atom. The Balaban J connectivity index is 2.92. The highest BCUT2D eigenvalue weighted by atomic mass is 16.5. The molecular weight excluding hydrogens is 220 g/mol. The van der Waals surface area contributed by atoms with Gasteiger partial charge in [-0.3, -0.25) is 9.59 Å². The molecule has 17 heavy (non-hydrogen) atoms. The van der Waals surface area contributed by atoms with Crippen LogP contribution >= 0.6 is 0 Å². The normalized spacial score (nSPS) is 10.5. The number of carbonyl (C=O) groups excluding carboxylic acids is 2. The summed E-state index contributed by atoms with van der Waals surface area (Å²) in [5.41, 5.74) is 5.48. The number of rotatable bonds is 3. The predicted molar refractivity (Wildman–Crippen MR) is 60.5 cm³/mol. The highest BCUT2D eigenvalue weighted by molar-refractivity contribution is 6.00. The molecule has 5 nitrogen and oxygen atoms in total. The molecule has 0 spiro atoms. The van der Waals surface area contributed by atoms with Crippen LogP contribution in [-0.2, 0) is 9.59 Å². The number of ether oxygens (including phenoxy) is 1. The molecule has 1 aromatic carbocycles. The number of primary amides is 1. The van der Waals surface area contributed by atoms with Crippen molar-refractivity contribution in [3.63, 3.8) is 0 Å². The second-order valence-electron chi connectivity index (χ2n) is 3.20. The van der Waals surface area contributed by atoms with Crippen molar-refractivity contribution in [2.45, 2.75) is 6.92 Å². The lowest BCUT2D eigenvalue weighted by molar-refractivity contribution is -0.131. The van der Waals surface area contributed by atoms with Crippen molar-refractivity contribution >= 4 is 18.0 Å². The highest BCUT2D eigenvalue weighted by Gasteiger charge is 2.03. The number of hydrogen-bond donors (Lipinski definition) is 1. The number of esters is 1. The topological polar surface area (TPSA) is 93.2 Å². The van der Waals surface area contributed by atoms with Gasteiger partial charge < -0.3 is 10.5 Å². The maximum absolute atomic E-state index is 10.8. The first-order valence-electron chi connectivity index (χ1n) is 4.73. The maximum atomic E-state index is 10.8. The Morgan fingerprint density at radius 2 is 1.94 bits per heavy atom. The van der Waals surface area contributed by atoms with E-state index in [4.69, 9.17) is 15.7 Å². The zero-order valence-electron chi connectivity index (χ0n) is 9.14. The molecule has 0 radical (unpaired) electrons. The van der Waals surface area contributed by atoms with Crippen molar-refractivity contribution in [2.24, 2.45) is 5.73 Å². The summed E-state index contributed by atoms with van der Waals surface area (Å²) in [5.74, 6) is -0.799. The van der Waals surface area contributed by atoms with Crippen molar-refractivity contribution < 1.29 is 14.3 Å². The van der Waals surface area contributed by atoms with E-state index in [0.717, 1.165) is 0 Å². The van der Waals surface area contributed by atoms with Gasteiger partial charge >= 0.3 is 5.97 Å². The summed E-state index contributed by atoms with van der Waals surface area (Å²) in [6, 6.07) is 8.03. The van der Waals surface area contributed by atoms with Crippen LogP contribution in [0.25, 0.3) is 6.08 Å². The predicted octanol–water partition coefficient (Wildman–Crippen LogP) is 1.00. The van der Waals surface area contributed by atoms with Crippen LogP contribution in [0.1, 0.15) is 12.5 Å². The summed E-state index contributed by atoms with van der Waals surface area (Å²) in [7, 11) is 0. The molecule has 0 fully saturated rings. The molecule has 1 aromatic rings. The van der Waals surface area contributed by atoms with Gasteiger partial charge in [0.05, 0.1) is 0 Å². The molecule has 0 heterocycles. The van der Waals surface area contributed by atoms with Gasteiger partial charge in [-0.25, -0.2) is 0 Å². The quantitative estimate of drug-likeness (QED) is 0.363. The van der Waals surface area contributed by atoms with Crippen LogP contribution in [0.15, 0.2) is 29.8 Å². The summed E-state index contributed by atoms with van der Waals surface area (Å²) >= 11 is 0. The summed E-state index contributed by atoms with van der Waals surface area (Å²) < 4.78 is 4.83. The van der Waals surface area contributed by atoms with Gasteiger partial charge in [0.15, 0.2) is 0 Å². The monoisotopic (exact) mass is 230 g/mol. The number of nitrogens with two attached hydrogens (primary N) is 1. The average molecular weight is 230 g/mol. The molecule has 1 rings (SSSR count). The van der Waals surface area contributed by atoms with Crippen molar-refractivity contribution in [3.8, 4) is 11.8 Å². The lowest BCUT2D eigenvalue weighted by Gasteiger charge is -2.01. The minimum atomic E-state index is -0.781. The fourth-order valence-electron chi connectivity index (χ4n) is 1.12. The van der Waals surface area contributed by atoms with Crippen molar-refractivity contribution in [2.75, 3.05) is 0 Å². The number of carbonyl (C=O) groups is 2. The van der Waals surface area contributed by atoms with Crippen LogP contribution in [0.5, 0.6) is 5.75 Å². The van der Waals surface area contributed by atoms with E-state index in [1.54, 1.807) is 30.3 Å². The summed E-state index contributed by atoms with van der Waals surface area (Å²) in [4.78, 5) is 21.5. The standard InChI is InChI=1S/C12H10N2O3/c1-8(15)17-11-4-2-9(3-5-11)6-10(7-13)12(14)16/h2-6H,1H3,(H2,14,16)/b10-6+. The average Bonchev–Trinajstić information content (AvgIpc) is 2.26. The number of hydrogen-bond acceptors (Lipinski definition) is 4. The lowest BCUT2D eigenvalue weighted by Crippen LogP contribution is -2.12. The van der Waals surface area contributed by atoms with Crippen molar-refractivity contribution in [3.05, 3.63) is 35.4 Å². The smallest absolute Gasteiger partial charge is 0.308 e. The van der Waals surface area contributed by atoms with Crippen LogP contribution in [-0.4, -0.2) is 11.9 Å². The second kappa shape index (κ2) is 5.47. The zero-order valence-corrected chi connectivity index (χ0v) is 9.14. The van der Waals surface area contributed by atoms with Gasteiger partial charge in [0, 0.05) is 6.92 Å². The Morgan fingerprint density at radius 1 is 1.35 bits per heavy atom. The van der Waals surface area contributed by atoms with Crippen LogP contribution in [0.4, 0.5) is 0 Å². The summed E-state index contributed by atoms with van der Waals surface area (Å²) in [6.45, 7) is 1.30. The molecule has 0 aliphatic carbocycles. The Kier molecular flexibility index (Phi) is 4.01. The molecule has 2 N–H and O–H groups in total. The van der Waals surface area contributed by atoms with Gasteiger partial charge in [-0.05, 0) is 23.8 Å². The van der Waals surface area contributed by atoms with Crippen molar-refractivity contribution in [1.29, 1.82) is 5.26 Å². The third kappa shape index (κ3) is 3.80. The third-order valence-corrected chi connectivity index (χ3v) is 1.84. The van der Waals surface area contributed by atoms with E-state index in [1.165, 1.54) is 13.0 Å². The molecule has 0 aliphatic rings.